The van der Waals surface area contributed by atoms with Crippen molar-refractivity contribution in [2.24, 2.45) is 5.92 Å². The van der Waals surface area contributed by atoms with Crippen molar-refractivity contribution in [2.75, 3.05) is 29.9 Å². The first-order chi connectivity index (χ1) is 12.4. The van der Waals surface area contributed by atoms with Gasteiger partial charge in [0.1, 0.15) is 11.8 Å². The molecule has 1 aliphatic heterocycles. The SMILES string of the molecule is Cc1cc2ncnc(NCC3CN(c4ccc(C(C)(C)C)nn4)C3)c2[nH]1. The van der Waals surface area contributed by atoms with Crippen LogP contribution in [-0.2, 0) is 5.41 Å². The maximum atomic E-state index is 4.39. The first-order valence-corrected chi connectivity index (χ1v) is 9.03. The predicted octanol–water partition coefficient (Wildman–Crippen LogP) is 2.90. The van der Waals surface area contributed by atoms with Gasteiger partial charge in [0.05, 0.1) is 11.2 Å². The summed E-state index contributed by atoms with van der Waals surface area (Å²) in [6.45, 7) is 11.3. The molecule has 2 N–H and O–H groups in total. The highest BCUT2D eigenvalue weighted by atomic mass is 15.3. The highest BCUT2D eigenvalue weighted by Crippen LogP contribution is 2.26. The summed E-state index contributed by atoms with van der Waals surface area (Å²) in [6.07, 6.45) is 1.61. The van der Waals surface area contributed by atoms with Crippen molar-refractivity contribution in [2.45, 2.75) is 33.1 Å². The van der Waals surface area contributed by atoms with Gasteiger partial charge in [-0.2, -0.15) is 5.10 Å². The highest BCUT2D eigenvalue weighted by molar-refractivity contribution is 5.86. The minimum absolute atomic E-state index is 0.0337. The van der Waals surface area contributed by atoms with E-state index in [0.717, 1.165) is 53.7 Å². The van der Waals surface area contributed by atoms with Crippen molar-refractivity contribution < 1.29 is 0 Å². The Balaban J connectivity index is 1.34. The maximum absolute atomic E-state index is 4.39. The van der Waals surface area contributed by atoms with E-state index in [1.165, 1.54) is 0 Å². The van der Waals surface area contributed by atoms with Crippen LogP contribution in [0.3, 0.4) is 0 Å². The zero-order chi connectivity index (χ0) is 18.3. The fraction of sp³-hybridized carbons (Fsp3) is 0.474. The van der Waals surface area contributed by atoms with Crippen molar-refractivity contribution in [1.82, 2.24) is 25.1 Å². The van der Waals surface area contributed by atoms with Gasteiger partial charge in [-0.25, -0.2) is 9.97 Å². The molecule has 3 aromatic heterocycles. The molecule has 1 fully saturated rings. The van der Waals surface area contributed by atoms with Crippen LogP contribution in [0.5, 0.6) is 0 Å². The smallest absolute Gasteiger partial charge is 0.153 e. The van der Waals surface area contributed by atoms with Gasteiger partial charge in [0, 0.05) is 36.7 Å². The molecule has 4 rings (SSSR count). The lowest BCUT2D eigenvalue weighted by Crippen LogP contribution is -2.50. The third-order valence-electron chi connectivity index (χ3n) is 4.81. The van der Waals surface area contributed by atoms with Gasteiger partial charge in [-0.05, 0) is 25.1 Å². The van der Waals surface area contributed by atoms with Gasteiger partial charge in [-0.3, -0.25) is 0 Å². The van der Waals surface area contributed by atoms with E-state index in [4.69, 9.17) is 0 Å². The molecule has 0 bridgehead atoms. The summed E-state index contributed by atoms with van der Waals surface area (Å²) >= 11 is 0. The minimum atomic E-state index is 0.0337. The fourth-order valence-electron chi connectivity index (χ4n) is 3.23. The maximum Gasteiger partial charge on any atom is 0.153 e. The molecule has 26 heavy (non-hydrogen) atoms. The standard InChI is InChI=1S/C19H25N7/c1-12-7-14-17(23-12)18(22-11-21-14)20-8-13-9-26(10-13)16-6-5-15(24-25-16)19(2,3)4/h5-7,11,13,23H,8-10H2,1-4H3,(H,20,21,22). The highest BCUT2D eigenvalue weighted by Gasteiger charge is 2.28. The number of aromatic amines is 1. The number of fused-ring (bicyclic) bond motifs is 1. The number of nitrogens with zero attached hydrogens (tertiary/aromatic N) is 5. The van der Waals surface area contributed by atoms with Crippen LogP contribution in [0.25, 0.3) is 11.0 Å². The number of rotatable bonds is 4. The van der Waals surface area contributed by atoms with Gasteiger partial charge in [-0.1, -0.05) is 20.8 Å². The van der Waals surface area contributed by atoms with E-state index >= 15 is 0 Å². The zero-order valence-corrected chi connectivity index (χ0v) is 15.7. The van der Waals surface area contributed by atoms with E-state index in [2.05, 4.69) is 68.3 Å². The van der Waals surface area contributed by atoms with Crippen LogP contribution in [0.2, 0.25) is 0 Å². The second kappa shape index (κ2) is 6.23. The number of hydrogen-bond acceptors (Lipinski definition) is 6. The van der Waals surface area contributed by atoms with Crippen LogP contribution in [0.4, 0.5) is 11.6 Å². The molecule has 0 radical (unpaired) electrons. The second-order valence-corrected chi connectivity index (χ2v) is 8.11. The van der Waals surface area contributed by atoms with Gasteiger partial charge in [0.2, 0.25) is 0 Å². The third kappa shape index (κ3) is 3.21. The summed E-state index contributed by atoms with van der Waals surface area (Å²) in [6, 6.07) is 6.19. The Hall–Kier alpha value is -2.70. The largest absolute Gasteiger partial charge is 0.368 e. The lowest BCUT2D eigenvalue weighted by molar-refractivity contribution is 0.424. The quantitative estimate of drug-likeness (QED) is 0.752. The Labute approximate surface area is 153 Å². The Morgan fingerprint density at radius 3 is 2.69 bits per heavy atom. The molecule has 1 aliphatic rings. The van der Waals surface area contributed by atoms with Crippen LogP contribution in [0.1, 0.15) is 32.2 Å². The van der Waals surface area contributed by atoms with Crippen LogP contribution < -0.4 is 10.2 Å². The molecule has 7 nitrogen and oxygen atoms in total. The fourth-order valence-corrected chi connectivity index (χ4v) is 3.23. The van der Waals surface area contributed by atoms with Crippen molar-refractivity contribution in [1.29, 1.82) is 0 Å². The Morgan fingerprint density at radius 1 is 1.19 bits per heavy atom. The lowest BCUT2D eigenvalue weighted by atomic mass is 9.92. The Kier molecular flexibility index (Phi) is 4.01. The molecule has 0 atom stereocenters. The third-order valence-corrected chi connectivity index (χ3v) is 4.81. The van der Waals surface area contributed by atoms with E-state index in [-0.39, 0.29) is 5.41 Å². The summed E-state index contributed by atoms with van der Waals surface area (Å²) < 4.78 is 0. The number of nitrogens with one attached hydrogen (secondary N) is 2. The number of anilines is 2. The average molecular weight is 351 g/mol. The predicted molar refractivity (Wildman–Crippen MR) is 104 cm³/mol. The summed E-state index contributed by atoms with van der Waals surface area (Å²) in [4.78, 5) is 14.3. The number of H-pyrrole nitrogens is 1. The minimum Gasteiger partial charge on any atom is -0.368 e. The number of aromatic nitrogens is 5. The molecular formula is C19H25N7. The van der Waals surface area contributed by atoms with E-state index in [9.17, 15) is 0 Å². The first kappa shape index (κ1) is 16.8. The molecule has 7 heteroatoms. The average Bonchev–Trinajstić information content (AvgIpc) is 2.94. The molecule has 0 amide bonds. The lowest BCUT2D eigenvalue weighted by Gasteiger charge is -2.40. The van der Waals surface area contributed by atoms with Crippen molar-refractivity contribution in [3.8, 4) is 0 Å². The van der Waals surface area contributed by atoms with Gasteiger partial charge in [0.25, 0.3) is 0 Å². The van der Waals surface area contributed by atoms with Crippen LogP contribution in [0, 0.1) is 12.8 Å². The zero-order valence-electron chi connectivity index (χ0n) is 15.7. The molecule has 0 saturated carbocycles. The molecule has 3 aromatic rings. The first-order valence-electron chi connectivity index (χ1n) is 9.03. The normalized spacial score (nSPS) is 15.3. The van der Waals surface area contributed by atoms with Gasteiger partial charge >= 0.3 is 0 Å². The summed E-state index contributed by atoms with van der Waals surface area (Å²) in [5, 5.41) is 12.2. The van der Waals surface area contributed by atoms with E-state index in [0.29, 0.717) is 5.92 Å². The number of hydrogen-bond donors (Lipinski definition) is 2. The van der Waals surface area contributed by atoms with Crippen molar-refractivity contribution >= 4 is 22.7 Å². The monoisotopic (exact) mass is 351 g/mol. The summed E-state index contributed by atoms with van der Waals surface area (Å²) in [5.41, 5.74) is 4.07. The second-order valence-electron chi connectivity index (χ2n) is 8.11. The van der Waals surface area contributed by atoms with E-state index in [1.807, 2.05) is 13.0 Å². The Morgan fingerprint density at radius 2 is 2.00 bits per heavy atom. The summed E-state index contributed by atoms with van der Waals surface area (Å²) in [7, 11) is 0. The molecule has 0 spiro atoms. The topological polar surface area (TPSA) is 82.6 Å². The van der Waals surface area contributed by atoms with Crippen molar-refractivity contribution in [3.63, 3.8) is 0 Å². The van der Waals surface area contributed by atoms with Gasteiger partial charge < -0.3 is 15.2 Å². The van der Waals surface area contributed by atoms with Crippen LogP contribution in [-0.4, -0.2) is 44.8 Å². The van der Waals surface area contributed by atoms with Gasteiger partial charge in [0.15, 0.2) is 11.6 Å². The van der Waals surface area contributed by atoms with E-state index in [1.54, 1.807) is 6.33 Å². The van der Waals surface area contributed by atoms with Crippen molar-refractivity contribution in [3.05, 3.63) is 35.9 Å². The molecule has 4 heterocycles. The van der Waals surface area contributed by atoms with Crippen LogP contribution >= 0.6 is 0 Å². The Bertz CT molecular complexity index is 902. The number of aryl methyl sites for hydroxylation is 1. The molecule has 0 unspecified atom stereocenters. The summed E-state index contributed by atoms with van der Waals surface area (Å²) in [5.74, 6) is 2.40. The van der Waals surface area contributed by atoms with Gasteiger partial charge in [-0.15, -0.1) is 5.10 Å². The van der Waals surface area contributed by atoms with Crippen LogP contribution in [0.15, 0.2) is 24.5 Å². The molecule has 0 aromatic carbocycles. The van der Waals surface area contributed by atoms with E-state index < -0.39 is 0 Å². The molecule has 136 valence electrons. The molecule has 0 aliphatic carbocycles. The molecule has 1 saturated heterocycles. The molecular weight excluding hydrogens is 326 g/mol.